The molecule has 3 aliphatic rings. The van der Waals surface area contributed by atoms with Crippen LogP contribution >= 0.6 is 0 Å². The Morgan fingerprint density at radius 3 is 2.85 bits per heavy atom. The first-order valence-corrected chi connectivity index (χ1v) is 13.0. The summed E-state index contributed by atoms with van der Waals surface area (Å²) in [5.74, 6) is 2.67. The Kier molecular flexibility index (Phi) is 8.13. The Bertz CT molecular complexity index is 846. The van der Waals surface area contributed by atoms with Gasteiger partial charge in [-0.25, -0.2) is 5.01 Å². The molecular formula is C28H41N3O2. The summed E-state index contributed by atoms with van der Waals surface area (Å²) >= 11 is 0. The lowest BCUT2D eigenvalue weighted by Crippen LogP contribution is -2.48. The predicted octanol–water partition coefficient (Wildman–Crippen LogP) is 5.73. The highest BCUT2D eigenvalue weighted by Crippen LogP contribution is 2.36. The van der Waals surface area contributed by atoms with Crippen LogP contribution < -0.4 is 15.5 Å². The van der Waals surface area contributed by atoms with Gasteiger partial charge in [-0.3, -0.25) is 4.79 Å². The molecule has 2 saturated carbocycles. The Morgan fingerprint density at radius 2 is 2.06 bits per heavy atom. The predicted molar refractivity (Wildman–Crippen MR) is 134 cm³/mol. The number of rotatable bonds is 12. The minimum Gasteiger partial charge on any atom is -0.489 e. The van der Waals surface area contributed by atoms with Gasteiger partial charge < -0.3 is 15.5 Å². The SMILES string of the molecule is C=CCCCC(=C)NN1Cc2cc(OC3CCCCC3NCC3CC(CC)C3)ccc2C1=O. The molecular weight excluding hydrogens is 410 g/mol. The summed E-state index contributed by atoms with van der Waals surface area (Å²) in [6, 6.07) is 6.35. The van der Waals surface area contributed by atoms with Gasteiger partial charge in [0.15, 0.2) is 0 Å². The third kappa shape index (κ3) is 6.00. The molecule has 5 nitrogen and oxygen atoms in total. The molecule has 1 aliphatic heterocycles. The van der Waals surface area contributed by atoms with Crippen molar-refractivity contribution in [1.29, 1.82) is 0 Å². The number of benzene rings is 1. The first-order chi connectivity index (χ1) is 16.1. The van der Waals surface area contributed by atoms with Crippen LogP contribution in [0.5, 0.6) is 5.75 Å². The van der Waals surface area contributed by atoms with Crippen LogP contribution in [0.25, 0.3) is 0 Å². The maximum absolute atomic E-state index is 12.8. The first kappa shape index (κ1) is 23.9. The second-order valence-corrected chi connectivity index (χ2v) is 10.2. The van der Waals surface area contributed by atoms with Gasteiger partial charge in [0.05, 0.1) is 6.54 Å². The number of hydrazine groups is 1. The lowest BCUT2D eigenvalue weighted by atomic mass is 9.73. The number of amides is 1. The van der Waals surface area contributed by atoms with Gasteiger partial charge in [0, 0.05) is 17.3 Å². The van der Waals surface area contributed by atoms with Crippen LogP contribution in [-0.4, -0.2) is 29.6 Å². The van der Waals surface area contributed by atoms with Crippen LogP contribution in [-0.2, 0) is 6.54 Å². The summed E-state index contributed by atoms with van der Waals surface area (Å²) < 4.78 is 6.50. The third-order valence-electron chi connectivity index (χ3n) is 7.63. The lowest BCUT2D eigenvalue weighted by molar-refractivity contribution is 0.0709. The third-order valence-corrected chi connectivity index (χ3v) is 7.63. The Hall–Kier alpha value is -2.27. The highest BCUT2D eigenvalue weighted by atomic mass is 16.5. The summed E-state index contributed by atoms with van der Waals surface area (Å²) in [6.45, 7) is 11.8. The zero-order valence-electron chi connectivity index (χ0n) is 20.3. The molecule has 180 valence electrons. The number of unbranched alkanes of at least 4 members (excludes halogenated alkanes) is 1. The monoisotopic (exact) mass is 451 g/mol. The standard InChI is InChI=1S/C28H41N3O2/c1-4-6-7-10-20(3)30-31-19-23-17-24(13-14-25(23)28(31)32)33-27-12-9-8-11-26(27)29-18-22-15-21(5-2)16-22/h4,13-14,17,21-22,26-27,29-30H,1,3,5-12,15-16,18-19H2,2H3. The van der Waals surface area contributed by atoms with Crippen LogP contribution in [0.1, 0.15) is 87.1 Å². The largest absolute Gasteiger partial charge is 0.489 e. The van der Waals surface area contributed by atoms with E-state index < -0.39 is 0 Å². The van der Waals surface area contributed by atoms with Crippen LogP contribution in [0.3, 0.4) is 0 Å². The highest BCUT2D eigenvalue weighted by molar-refractivity contribution is 5.98. The average molecular weight is 452 g/mol. The summed E-state index contributed by atoms with van der Waals surface area (Å²) in [4.78, 5) is 12.8. The normalized spacial score (nSPS) is 26.5. The van der Waals surface area contributed by atoms with Gasteiger partial charge in [-0.15, -0.1) is 6.58 Å². The van der Waals surface area contributed by atoms with Gasteiger partial charge in [-0.2, -0.15) is 0 Å². The molecule has 33 heavy (non-hydrogen) atoms. The topological polar surface area (TPSA) is 53.6 Å². The molecule has 2 fully saturated rings. The number of allylic oxidation sites excluding steroid dienone is 2. The number of nitrogens with zero attached hydrogens (tertiary/aromatic N) is 1. The molecule has 5 heteroatoms. The van der Waals surface area contributed by atoms with E-state index in [4.69, 9.17) is 4.74 Å². The molecule has 0 spiro atoms. The number of hydrogen-bond donors (Lipinski definition) is 2. The van der Waals surface area contributed by atoms with E-state index in [0.29, 0.717) is 12.6 Å². The minimum atomic E-state index is 0.00418. The van der Waals surface area contributed by atoms with E-state index in [1.165, 1.54) is 38.5 Å². The molecule has 1 aromatic carbocycles. The molecule has 2 unspecified atom stereocenters. The van der Waals surface area contributed by atoms with Crippen molar-refractivity contribution in [2.45, 2.75) is 89.8 Å². The fourth-order valence-corrected chi connectivity index (χ4v) is 5.51. The maximum Gasteiger partial charge on any atom is 0.272 e. The average Bonchev–Trinajstić information content (AvgIpc) is 3.08. The molecule has 1 aromatic rings. The molecule has 4 rings (SSSR count). The van der Waals surface area contributed by atoms with Crippen molar-refractivity contribution in [2.24, 2.45) is 11.8 Å². The quantitative estimate of drug-likeness (QED) is 0.315. The van der Waals surface area contributed by atoms with Gasteiger partial charge in [-0.05, 0) is 93.5 Å². The zero-order valence-corrected chi connectivity index (χ0v) is 20.3. The van der Waals surface area contributed by atoms with Crippen molar-refractivity contribution in [2.75, 3.05) is 6.54 Å². The van der Waals surface area contributed by atoms with Crippen molar-refractivity contribution >= 4 is 5.91 Å². The van der Waals surface area contributed by atoms with Gasteiger partial charge in [0.25, 0.3) is 5.91 Å². The van der Waals surface area contributed by atoms with Gasteiger partial charge in [0.1, 0.15) is 11.9 Å². The Morgan fingerprint density at radius 1 is 1.24 bits per heavy atom. The maximum atomic E-state index is 12.8. The van der Waals surface area contributed by atoms with E-state index in [1.807, 2.05) is 18.2 Å². The number of carbonyl (C=O) groups is 1. The van der Waals surface area contributed by atoms with E-state index in [2.05, 4.69) is 36.9 Å². The van der Waals surface area contributed by atoms with Crippen LogP contribution in [0, 0.1) is 11.8 Å². The summed E-state index contributed by atoms with van der Waals surface area (Å²) in [5, 5.41) is 5.50. The lowest BCUT2D eigenvalue weighted by Gasteiger charge is -2.38. The highest BCUT2D eigenvalue weighted by Gasteiger charge is 2.32. The summed E-state index contributed by atoms with van der Waals surface area (Å²) in [7, 11) is 0. The number of carbonyl (C=O) groups excluding carboxylic acids is 1. The van der Waals surface area contributed by atoms with Gasteiger partial charge >= 0.3 is 0 Å². The van der Waals surface area contributed by atoms with Crippen LogP contribution in [0.4, 0.5) is 0 Å². The van der Waals surface area contributed by atoms with Crippen molar-refractivity contribution < 1.29 is 9.53 Å². The van der Waals surface area contributed by atoms with Crippen LogP contribution in [0.15, 0.2) is 43.1 Å². The van der Waals surface area contributed by atoms with E-state index in [1.54, 1.807) is 5.01 Å². The van der Waals surface area contributed by atoms with Crippen molar-refractivity contribution in [3.8, 4) is 5.75 Å². The van der Waals surface area contributed by atoms with Crippen molar-refractivity contribution in [3.63, 3.8) is 0 Å². The number of hydrogen-bond acceptors (Lipinski definition) is 4. The molecule has 2 N–H and O–H groups in total. The molecule has 2 atom stereocenters. The second kappa shape index (κ2) is 11.2. The fraction of sp³-hybridized carbons (Fsp3) is 0.607. The minimum absolute atomic E-state index is 0.00418. The van der Waals surface area contributed by atoms with Gasteiger partial charge in [-0.1, -0.05) is 32.4 Å². The Labute approximate surface area is 199 Å². The summed E-state index contributed by atoms with van der Waals surface area (Å²) in [6.07, 6.45) is 13.7. The molecule has 0 bridgehead atoms. The fourth-order valence-electron chi connectivity index (χ4n) is 5.51. The number of nitrogens with one attached hydrogen (secondary N) is 2. The molecule has 0 radical (unpaired) electrons. The van der Waals surface area contributed by atoms with E-state index >= 15 is 0 Å². The molecule has 0 saturated heterocycles. The number of fused-ring (bicyclic) bond motifs is 1. The van der Waals surface area contributed by atoms with E-state index in [0.717, 1.165) is 66.6 Å². The zero-order chi connectivity index (χ0) is 23.2. The number of ether oxygens (including phenoxy) is 1. The molecule has 2 aliphatic carbocycles. The van der Waals surface area contributed by atoms with Gasteiger partial charge in [0.2, 0.25) is 0 Å². The molecule has 0 aromatic heterocycles. The smallest absolute Gasteiger partial charge is 0.272 e. The molecule has 1 heterocycles. The van der Waals surface area contributed by atoms with Crippen LogP contribution in [0.2, 0.25) is 0 Å². The van der Waals surface area contributed by atoms with Crippen molar-refractivity contribution in [1.82, 2.24) is 15.8 Å². The first-order valence-electron chi connectivity index (χ1n) is 13.0. The summed E-state index contributed by atoms with van der Waals surface area (Å²) in [5.41, 5.74) is 5.83. The molecule has 1 amide bonds. The van der Waals surface area contributed by atoms with Crippen molar-refractivity contribution in [3.05, 3.63) is 54.3 Å². The second-order valence-electron chi connectivity index (χ2n) is 10.2. The van der Waals surface area contributed by atoms with E-state index in [9.17, 15) is 4.79 Å². The van der Waals surface area contributed by atoms with E-state index in [-0.39, 0.29) is 12.0 Å². The Balaban J connectivity index is 1.31.